The van der Waals surface area contributed by atoms with Crippen molar-refractivity contribution in [2.45, 2.75) is 83.8 Å². The maximum atomic E-state index is 12.5. The largest absolute Gasteiger partial charge is 0.338 e. The summed E-state index contributed by atoms with van der Waals surface area (Å²) in [6.45, 7) is 7.44. The molecule has 1 N–H and O–H groups in total. The van der Waals surface area contributed by atoms with Gasteiger partial charge in [0.25, 0.3) is 0 Å². The zero-order valence-corrected chi connectivity index (χ0v) is 12.8. The van der Waals surface area contributed by atoms with E-state index in [0.29, 0.717) is 18.0 Å². The highest BCUT2D eigenvalue weighted by Crippen LogP contribution is 2.32. The van der Waals surface area contributed by atoms with Crippen LogP contribution in [0.4, 0.5) is 0 Å². The topological polar surface area (TPSA) is 32.3 Å². The number of hydrogen-bond donors (Lipinski definition) is 1. The van der Waals surface area contributed by atoms with E-state index in [1.54, 1.807) is 0 Å². The number of nitrogens with zero attached hydrogens (tertiary/aromatic N) is 1. The van der Waals surface area contributed by atoms with Crippen molar-refractivity contribution in [3.63, 3.8) is 0 Å². The lowest BCUT2D eigenvalue weighted by atomic mass is 9.82. The third kappa shape index (κ3) is 3.50. The van der Waals surface area contributed by atoms with Gasteiger partial charge in [-0.1, -0.05) is 40.0 Å². The predicted molar refractivity (Wildman–Crippen MR) is 79.0 cm³/mol. The van der Waals surface area contributed by atoms with Crippen LogP contribution in [-0.4, -0.2) is 35.5 Å². The van der Waals surface area contributed by atoms with Crippen LogP contribution in [0.15, 0.2) is 0 Å². The van der Waals surface area contributed by atoms with Crippen LogP contribution >= 0.6 is 0 Å². The Hall–Kier alpha value is -0.570. The van der Waals surface area contributed by atoms with E-state index in [1.807, 2.05) is 0 Å². The molecule has 1 heterocycles. The van der Waals surface area contributed by atoms with E-state index >= 15 is 0 Å². The van der Waals surface area contributed by atoms with Gasteiger partial charge in [0.15, 0.2) is 0 Å². The average Bonchev–Trinajstić information content (AvgIpc) is 2.74. The standard InChI is InChI=1S/C16H30N2O/c1-4-15(13-8-6-5-7-9-13)18-11-10-14(16(18)19)17-12(2)3/h12-15,17H,4-11H2,1-3H3. The molecule has 0 radical (unpaired) electrons. The lowest BCUT2D eigenvalue weighted by molar-refractivity contribution is -0.132. The molecule has 2 rings (SSSR count). The maximum absolute atomic E-state index is 12.5. The summed E-state index contributed by atoms with van der Waals surface area (Å²) in [7, 11) is 0. The lowest BCUT2D eigenvalue weighted by Crippen LogP contribution is -2.47. The highest BCUT2D eigenvalue weighted by Gasteiger charge is 2.38. The Bertz CT molecular complexity index is 297. The molecule has 0 aromatic carbocycles. The van der Waals surface area contributed by atoms with E-state index in [-0.39, 0.29) is 6.04 Å². The predicted octanol–water partition coefficient (Wildman–Crippen LogP) is 2.94. The molecule has 1 saturated heterocycles. The Kier molecular flexibility index (Phi) is 5.26. The SMILES string of the molecule is CCC(C1CCCCC1)N1CCC(NC(C)C)C1=O. The Morgan fingerprint density at radius 1 is 1.21 bits per heavy atom. The summed E-state index contributed by atoms with van der Waals surface area (Å²) < 4.78 is 0. The monoisotopic (exact) mass is 266 g/mol. The molecule has 2 fully saturated rings. The molecule has 1 saturated carbocycles. The smallest absolute Gasteiger partial charge is 0.240 e. The van der Waals surface area contributed by atoms with Crippen molar-refractivity contribution in [1.82, 2.24) is 10.2 Å². The molecule has 1 aliphatic carbocycles. The van der Waals surface area contributed by atoms with Crippen LogP contribution in [0.25, 0.3) is 0 Å². The first-order chi connectivity index (χ1) is 9.13. The van der Waals surface area contributed by atoms with Crippen molar-refractivity contribution in [2.24, 2.45) is 5.92 Å². The summed E-state index contributed by atoms with van der Waals surface area (Å²) in [6.07, 6.45) is 8.85. The second-order valence-electron chi connectivity index (χ2n) is 6.57. The molecule has 0 bridgehead atoms. The van der Waals surface area contributed by atoms with Crippen molar-refractivity contribution in [3.05, 3.63) is 0 Å². The molecule has 1 aliphatic heterocycles. The van der Waals surface area contributed by atoms with Crippen LogP contribution in [0.2, 0.25) is 0 Å². The van der Waals surface area contributed by atoms with Crippen LogP contribution < -0.4 is 5.32 Å². The number of rotatable bonds is 5. The molecule has 1 amide bonds. The van der Waals surface area contributed by atoms with Gasteiger partial charge < -0.3 is 10.2 Å². The number of carbonyl (C=O) groups excluding carboxylic acids is 1. The minimum absolute atomic E-state index is 0.0673. The molecular weight excluding hydrogens is 236 g/mol. The van der Waals surface area contributed by atoms with Crippen molar-refractivity contribution in [2.75, 3.05) is 6.54 Å². The van der Waals surface area contributed by atoms with Crippen molar-refractivity contribution in [3.8, 4) is 0 Å². The quantitative estimate of drug-likeness (QED) is 0.830. The number of hydrogen-bond acceptors (Lipinski definition) is 2. The second-order valence-corrected chi connectivity index (χ2v) is 6.57. The van der Waals surface area contributed by atoms with Crippen molar-refractivity contribution < 1.29 is 4.79 Å². The molecule has 2 atom stereocenters. The molecular formula is C16H30N2O. The molecule has 0 aromatic rings. The van der Waals surface area contributed by atoms with Crippen LogP contribution in [0.5, 0.6) is 0 Å². The Morgan fingerprint density at radius 2 is 1.89 bits per heavy atom. The van der Waals surface area contributed by atoms with E-state index in [9.17, 15) is 4.79 Å². The summed E-state index contributed by atoms with van der Waals surface area (Å²) in [5.74, 6) is 1.10. The Morgan fingerprint density at radius 3 is 2.47 bits per heavy atom. The fourth-order valence-corrected chi connectivity index (χ4v) is 3.92. The highest BCUT2D eigenvalue weighted by molar-refractivity contribution is 5.84. The van der Waals surface area contributed by atoms with E-state index in [0.717, 1.165) is 25.3 Å². The molecule has 0 aromatic heterocycles. The first-order valence-electron chi connectivity index (χ1n) is 8.20. The van der Waals surface area contributed by atoms with Crippen LogP contribution in [-0.2, 0) is 4.79 Å². The molecule has 2 unspecified atom stereocenters. The minimum atomic E-state index is 0.0673. The number of carbonyl (C=O) groups is 1. The van der Waals surface area contributed by atoms with E-state index < -0.39 is 0 Å². The van der Waals surface area contributed by atoms with Crippen molar-refractivity contribution >= 4 is 5.91 Å². The van der Waals surface area contributed by atoms with Gasteiger partial charge in [-0.05, 0) is 31.6 Å². The highest BCUT2D eigenvalue weighted by atomic mass is 16.2. The molecule has 3 heteroatoms. The molecule has 3 nitrogen and oxygen atoms in total. The van der Waals surface area contributed by atoms with Gasteiger partial charge in [0, 0.05) is 18.6 Å². The summed E-state index contributed by atoms with van der Waals surface area (Å²) in [5.41, 5.74) is 0. The molecule has 2 aliphatic rings. The first-order valence-corrected chi connectivity index (χ1v) is 8.20. The summed E-state index contributed by atoms with van der Waals surface area (Å²) >= 11 is 0. The van der Waals surface area contributed by atoms with Crippen LogP contribution in [0, 0.1) is 5.92 Å². The van der Waals surface area contributed by atoms with Crippen LogP contribution in [0.3, 0.4) is 0 Å². The second kappa shape index (κ2) is 6.74. The van der Waals surface area contributed by atoms with Gasteiger partial charge >= 0.3 is 0 Å². The van der Waals surface area contributed by atoms with E-state index in [4.69, 9.17) is 0 Å². The van der Waals surface area contributed by atoms with Gasteiger partial charge in [0.1, 0.15) is 0 Å². The van der Waals surface area contributed by atoms with E-state index in [2.05, 4.69) is 31.0 Å². The van der Waals surface area contributed by atoms with Crippen LogP contribution in [0.1, 0.15) is 65.7 Å². The van der Waals surface area contributed by atoms with E-state index in [1.165, 1.54) is 32.1 Å². The average molecular weight is 266 g/mol. The van der Waals surface area contributed by atoms with Gasteiger partial charge in [0.05, 0.1) is 6.04 Å². The zero-order valence-electron chi connectivity index (χ0n) is 12.8. The van der Waals surface area contributed by atoms with Gasteiger partial charge in [-0.2, -0.15) is 0 Å². The number of likely N-dealkylation sites (tertiary alicyclic amines) is 1. The Balaban J connectivity index is 1.97. The first kappa shape index (κ1) is 14.8. The third-order valence-electron chi connectivity index (χ3n) is 4.79. The Labute approximate surface area is 118 Å². The van der Waals surface area contributed by atoms with Gasteiger partial charge in [-0.25, -0.2) is 0 Å². The van der Waals surface area contributed by atoms with Crippen molar-refractivity contribution in [1.29, 1.82) is 0 Å². The summed E-state index contributed by atoms with van der Waals surface area (Å²) in [6, 6.07) is 0.952. The molecule has 0 spiro atoms. The fourth-order valence-electron chi connectivity index (χ4n) is 3.92. The molecule has 19 heavy (non-hydrogen) atoms. The fraction of sp³-hybridized carbons (Fsp3) is 0.938. The minimum Gasteiger partial charge on any atom is -0.338 e. The number of nitrogens with one attached hydrogen (secondary N) is 1. The lowest BCUT2D eigenvalue weighted by Gasteiger charge is -2.36. The zero-order chi connectivity index (χ0) is 13.8. The number of amides is 1. The molecule has 110 valence electrons. The summed E-state index contributed by atoms with van der Waals surface area (Å²) in [5, 5.41) is 3.41. The maximum Gasteiger partial charge on any atom is 0.240 e. The third-order valence-corrected chi connectivity index (χ3v) is 4.79. The summed E-state index contributed by atoms with van der Waals surface area (Å²) in [4.78, 5) is 14.7. The van der Waals surface area contributed by atoms with Gasteiger partial charge in [-0.3, -0.25) is 4.79 Å². The van der Waals surface area contributed by atoms with Gasteiger partial charge in [-0.15, -0.1) is 0 Å². The normalized spacial score (nSPS) is 27.3. The van der Waals surface area contributed by atoms with Gasteiger partial charge in [0.2, 0.25) is 5.91 Å².